The van der Waals surface area contributed by atoms with Crippen LogP contribution in [0.15, 0.2) is 16.9 Å². The van der Waals surface area contributed by atoms with Crippen molar-refractivity contribution in [1.29, 1.82) is 0 Å². The minimum atomic E-state index is -4.59. The minimum Gasteiger partial charge on any atom is -0.307 e. The Balaban J connectivity index is 3.48. The van der Waals surface area contributed by atoms with Gasteiger partial charge in [0.05, 0.1) is 5.56 Å². The highest BCUT2D eigenvalue weighted by molar-refractivity contribution is 5.93. The molecule has 15 heavy (non-hydrogen) atoms. The Morgan fingerprint density at radius 2 is 1.87 bits per heavy atom. The summed E-state index contributed by atoms with van der Waals surface area (Å²) in [5, 5.41) is 0. The van der Waals surface area contributed by atoms with Crippen molar-refractivity contribution in [3.63, 3.8) is 0 Å². The first kappa shape index (κ1) is 11.5. The fourth-order valence-electron chi connectivity index (χ4n) is 1.19. The topological polar surface area (TPSA) is 39.1 Å². The Hall–Kier alpha value is -1.59. The molecule has 1 aromatic rings. The summed E-state index contributed by atoms with van der Waals surface area (Å²) in [6.45, 7) is 1.13. The van der Waals surface area contributed by atoms with Gasteiger partial charge in [0.1, 0.15) is 5.69 Å². The summed E-state index contributed by atoms with van der Waals surface area (Å²) in [4.78, 5) is 22.2. The Labute approximate surface area is 83.1 Å². The van der Waals surface area contributed by atoms with Gasteiger partial charge in [-0.25, -0.2) is 0 Å². The number of Topliss-reactive ketones (excluding diaryl/α,β-unsaturated/α-hetero) is 1. The predicted molar refractivity (Wildman–Crippen MR) is 46.7 cm³/mol. The van der Waals surface area contributed by atoms with Gasteiger partial charge in [-0.05, 0) is 19.1 Å². The molecule has 0 fully saturated rings. The van der Waals surface area contributed by atoms with Crippen LogP contribution in [0.2, 0.25) is 0 Å². The second-order valence-corrected chi connectivity index (χ2v) is 3.05. The second-order valence-electron chi connectivity index (χ2n) is 3.05. The third kappa shape index (κ3) is 2.08. The SMILES string of the molecule is CC(=O)c1ccc(C(F)(F)F)n(C)c1=O. The summed E-state index contributed by atoms with van der Waals surface area (Å²) < 4.78 is 37.4. The van der Waals surface area contributed by atoms with Gasteiger partial charge in [-0.2, -0.15) is 13.2 Å². The fraction of sp³-hybridized carbons (Fsp3) is 0.333. The molecule has 0 aliphatic rings. The quantitative estimate of drug-likeness (QED) is 0.673. The van der Waals surface area contributed by atoms with Crippen LogP contribution >= 0.6 is 0 Å². The lowest BCUT2D eigenvalue weighted by Gasteiger charge is -2.11. The maximum atomic E-state index is 12.3. The number of ketones is 1. The average molecular weight is 219 g/mol. The molecule has 0 bridgehead atoms. The molecule has 0 spiro atoms. The van der Waals surface area contributed by atoms with Gasteiger partial charge in [0.15, 0.2) is 5.78 Å². The number of alkyl halides is 3. The van der Waals surface area contributed by atoms with Crippen molar-refractivity contribution in [1.82, 2.24) is 4.57 Å². The molecule has 82 valence electrons. The molecule has 1 aromatic heterocycles. The summed E-state index contributed by atoms with van der Waals surface area (Å²) in [6, 6.07) is 1.62. The maximum absolute atomic E-state index is 12.3. The van der Waals surface area contributed by atoms with Gasteiger partial charge in [-0.15, -0.1) is 0 Å². The minimum absolute atomic E-state index is 0.245. The zero-order chi connectivity index (χ0) is 11.8. The zero-order valence-corrected chi connectivity index (χ0v) is 8.05. The molecule has 0 atom stereocenters. The van der Waals surface area contributed by atoms with Crippen LogP contribution in [-0.4, -0.2) is 10.4 Å². The van der Waals surface area contributed by atoms with E-state index in [1.807, 2.05) is 0 Å². The Bertz CT molecular complexity index is 459. The van der Waals surface area contributed by atoms with E-state index in [1.165, 1.54) is 0 Å². The standard InChI is InChI=1S/C9H8F3NO2/c1-5(14)6-3-4-7(9(10,11)12)13(2)8(6)15/h3-4H,1-2H3. The molecule has 0 aliphatic carbocycles. The number of aromatic nitrogens is 1. The number of carbonyl (C=O) groups is 1. The van der Waals surface area contributed by atoms with E-state index in [9.17, 15) is 22.8 Å². The van der Waals surface area contributed by atoms with E-state index in [-0.39, 0.29) is 5.56 Å². The van der Waals surface area contributed by atoms with Gasteiger partial charge >= 0.3 is 6.18 Å². The van der Waals surface area contributed by atoms with Gasteiger partial charge in [-0.1, -0.05) is 0 Å². The molecule has 0 saturated carbocycles. The molecule has 6 heteroatoms. The van der Waals surface area contributed by atoms with Crippen molar-refractivity contribution >= 4 is 5.78 Å². The number of nitrogens with zero attached hydrogens (tertiary/aromatic N) is 1. The summed E-state index contributed by atoms with van der Waals surface area (Å²) in [7, 11) is 0.984. The van der Waals surface area contributed by atoms with Crippen LogP contribution in [0.3, 0.4) is 0 Å². The third-order valence-electron chi connectivity index (χ3n) is 1.97. The smallest absolute Gasteiger partial charge is 0.307 e. The maximum Gasteiger partial charge on any atom is 0.431 e. The number of halogens is 3. The first-order valence-corrected chi connectivity index (χ1v) is 4.03. The fourth-order valence-corrected chi connectivity index (χ4v) is 1.19. The van der Waals surface area contributed by atoms with Crippen LogP contribution in [0.25, 0.3) is 0 Å². The van der Waals surface area contributed by atoms with Crippen molar-refractivity contribution in [2.24, 2.45) is 7.05 Å². The molecule has 0 aliphatic heterocycles. The normalized spacial score (nSPS) is 11.5. The first-order chi connectivity index (χ1) is 6.75. The van der Waals surface area contributed by atoms with Gasteiger partial charge in [0.2, 0.25) is 0 Å². The molecular weight excluding hydrogens is 211 g/mol. The summed E-state index contributed by atoms with van der Waals surface area (Å²) >= 11 is 0. The number of carbonyl (C=O) groups excluding carboxylic acids is 1. The van der Waals surface area contributed by atoms with Crippen molar-refractivity contribution in [2.45, 2.75) is 13.1 Å². The van der Waals surface area contributed by atoms with E-state index in [0.29, 0.717) is 4.57 Å². The third-order valence-corrected chi connectivity index (χ3v) is 1.97. The number of rotatable bonds is 1. The monoisotopic (exact) mass is 219 g/mol. The van der Waals surface area contributed by atoms with Crippen LogP contribution in [0.5, 0.6) is 0 Å². The molecule has 3 nitrogen and oxygen atoms in total. The summed E-state index contributed by atoms with van der Waals surface area (Å²) in [6.07, 6.45) is -4.59. The van der Waals surface area contributed by atoms with E-state index in [0.717, 1.165) is 26.1 Å². The first-order valence-electron chi connectivity index (χ1n) is 4.03. The largest absolute Gasteiger partial charge is 0.431 e. The van der Waals surface area contributed by atoms with E-state index < -0.39 is 23.2 Å². The van der Waals surface area contributed by atoms with Crippen molar-refractivity contribution in [3.05, 3.63) is 33.7 Å². The molecule has 0 N–H and O–H groups in total. The average Bonchev–Trinajstić information content (AvgIpc) is 2.06. The summed E-state index contributed by atoms with van der Waals surface area (Å²) in [5.41, 5.74) is -2.25. The molecule has 1 rings (SSSR count). The van der Waals surface area contributed by atoms with Crippen LogP contribution in [0, 0.1) is 0 Å². The lowest BCUT2D eigenvalue weighted by atomic mass is 10.2. The lowest BCUT2D eigenvalue weighted by molar-refractivity contribution is -0.143. The van der Waals surface area contributed by atoms with Crippen LogP contribution in [0.4, 0.5) is 13.2 Å². The van der Waals surface area contributed by atoms with E-state index >= 15 is 0 Å². The highest BCUT2D eigenvalue weighted by Gasteiger charge is 2.33. The van der Waals surface area contributed by atoms with E-state index in [1.54, 1.807) is 0 Å². The van der Waals surface area contributed by atoms with Gasteiger partial charge < -0.3 is 4.57 Å². The van der Waals surface area contributed by atoms with E-state index in [2.05, 4.69) is 0 Å². The van der Waals surface area contributed by atoms with Crippen molar-refractivity contribution in [2.75, 3.05) is 0 Å². The lowest BCUT2D eigenvalue weighted by Crippen LogP contribution is -2.29. The number of pyridine rings is 1. The van der Waals surface area contributed by atoms with Crippen LogP contribution in [0.1, 0.15) is 23.0 Å². The highest BCUT2D eigenvalue weighted by Crippen LogP contribution is 2.27. The molecular formula is C9H8F3NO2. The van der Waals surface area contributed by atoms with Gasteiger partial charge in [0.25, 0.3) is 5.56 Å². The molecule has 0 amide bonds. The Morgan fingerprint density at radius 3 is 2.27 bits per heavy atom. The molecule has 1 heterocycles. The molecule has 0 unspecified atom stereocenters. The molecule has 0 saturated heterocycles. The van der Waals surface area contributed by atoms with Crippen LogP contribution < -0.4 is 5.56 Å². The van der Waals surface area contributed by atoms with E-state index in [4.69, 9.17) is 0 Å². The predicted octanol–water partition coefficient (Wildman–Crippen LogP) is 1.61. The van der Waals surface area contributed by atoms with Crippen LogP contribution in [-0.2, 0) is 13.2 Å². The Morgan fingerprint density at radius 1 is 1.33 bits per heavy atom. The second kappa shape index (κ2) is 3.52. The number of hydrogen-bond acceptors (Lipinski definition) is 2. The highest BCUT2D eigenvalue weighted by atomic mass is 19.4. The zero-order valence-electron chi connectivity index (χ0n) is 8.05. The van der Waals surface area contributed by atoms with Crippen molar-refractivity contribution in [3.8, 4) is 0 Å². The molecule has 0 aromatic carbocycles. The molecule has 0 radical (unpaired) electrons. The number of hydrogen-bond donors (Lipinski definition) is 0. The Kier molecular flexibility index (Phi) is 2.70. The van der Waals surface area contributed by atoms with Gasteiger partial charge in [0, 0.05) is 7.05 Å². The summed E-state index contributed by atoms with van der Waals surface area (Å²) in [5.74, 6) is -0.552. The van der Waals surface area contributed by atoms with Crippen molar-refractivity contribution < 1.29 is 18.0 Å². The van der Waals surface area contributed by atoms with Gasteiger partial charge in [-0.3, -0.25) is 9.59 Å².